The summed E-state index contributed by atoms with van der Waals surface area (Å²) < 4.78 is 11.2. The zero-order valence-electron chi connectivity index (χ0n) is 9.33. The van der Waals surface area contributed by atoms with Crippen LogP contribution in [0.4, 0.5) is 0 Å². The molecule has 16 heavy (non-hydrogen) atoms. The van der Waals surface area contributed by atoms with Crippen LogP contribution in [0, 0.1) is 0 Å². The van der Waals surface area contributed by atoms with Crippen LogP contribution in [-0.2, 0) is 11.3 Å². The molecule has 1 fully saturated rings. The Kier molecular flexibility index (Phi) is 4.04. The van der Waals surface area contributed by atoms with Gasteiger partial charge in [-0.25, -0.2) is 0 Å². The van der Waals surface area contributed by atoms with Gasteiger partial charge in [-0.2, -0.15) is 0 Å². The molecule has 1 aliphatic heterocycles. The van der Waals surface area contributed by atoms with E-state index in [9.17, 15) is 0 Å². The molecule has 2 rings (SSSR count). The summed E-state index contributed by atoms with van der Waals surface area (Å²) in [6, 6.07) is 5.71. The van der Waals surface area contributed by atoms with Crippen LogP contribution in [0.3, 0.4) is 0 Å². The minimum Gasteiger partial charge on any atom is -0.488 e. The lowest BCUT2D eigenvalue weighted by Crippen LogP contribution is -2.17. The van der Waals surface area contributed by atoms with Crippen LogP contribution in [-0.4, -0.2) is 26.4 Å². The molecule has 3 nitrogen and oxygen atoms in total. The van der Waals surface area contributed by atoms with Gasteiger partial charge in [-0.1, -0.05) is 11.6 Å². The van der Waals surface area contributed by atoms with Gasteiger partial charge in [0.2, 0.25) is 0 Å². The third-order valence-corrected chi connectivity index (χ3v) is 2.81. The van der Waals surface area contributed by atoms with Crippen LogP contribution in [0.25, 0.3) is 0 Å². The van der Waals surface area contributed by atoms with Gasteiger partial charge in [0.05, 0.1) is 13.2 Å². The van der Waals surface area contributed by atoms with E-state index in [1.165, 1.54) is 0 Å². The predicted molar refractivity (Wildman–Crippen MR) is 64.1 cm³/mol. The highest BCUT2D eigenvalue weighted by Gasteiger charge is 2.18. The van der Waals surface area contributed by atoms with Crippen molar-refractivity contribution in [1.29, 1.82) is 0 Å². The molecule has 0 spiro atoms. The lowest BCUT2D eigenvalue weighted by atomic mass is 10.2. The highest BCUT2D eigenvalue weighted by molar-refractivity contribution is 6.30. The molecule has 1 saturated heterocycles. The fourth-order valence-electron chi connectivity index (χ4n) is 1.78. The van der Waals surface area contributed by atoms with E-state index in [1.807, 2.05) is 25.2 Å². The van der Waals surface area contributed by atoms with Gasteiger partial charge in [-0.05, 0) is 25.2 Å². The normalized spacial score (nSPS) is 20.0. The van der Waals surface area contributed by atoms with Crippen molar-refractivity contribution in [3.05, 3.63) is 28.8 Å². The minimum absolute atomic E-state index is 0.178. The van der Waals surface area contributed by atoms with E-state index in [1.54, 1.807) is 0 Å². The highest BCUT2D eigenvalue weighted by atomic mass is 35.5. The number of rotatable bonds is 4. The average Bonchev–Trinajstić information content (AvgIpc) is 2.75. The van der Waals surface area contributed by atoms with Gasteiger partial charge in [0.25, 0.3) is 0 Å². The summed E-state index contributed by atoms with van der Waals surface area (Å²) in [7, 11) is 1.91. The van der Waals surface area contributed by atoms with Gasteiger partial charge in [0, 0.05) is 23.6 Å². The minimum atomic E-state index is 0.178. The summed E-state index contributed by atoms with van der Waals surface area (Å²) in [5, 5.41) is 3.84. The van der Waals surface area contributed by atoms with Gasteiger partial charge >= 0.3 is 0 Å². The van der Waals surface area contributed by atoms with Crippen molar-refractivity contribution in [2.75, 3.05) is 20.3 Å². The maximum absolute atomic E-state index is 5.96. The van der Waals surface area contributed by atoms with E-state index in [0.29, 0.717) is 6.61 Å². The number of halogens is 1. The van der Waals surface area contributed by atoms with Crippen molar-refractivity contribution in [3.8, 4) is 5.75 Å². The first-order chi connectivity index (χ1) is 7.79. The second-order valence-corrected chi connectivity index (χ2v) is 4.32. The van der Waals surface area contributed by atoms with Crippen molar-refractivity contribution in [2.24, 2.45) is 0 Å². The molecule has 0 aromatic heterocycles. The maximum atomic E-state index is 5.96. The molecule has 1 atom stereocenters. The van der Waals surface area contributed by atoms with Crippen LogP contribution in [0.15, 0.2) is 18.2 Å². The highest BCUT2D eigenvalue weighted by Crippen LogP contribution is 2.25. The largest absolute Gasteiger partial charge is 0.488 e. The van der Waals surface area contributed by atoms with Crippen LogP contribution in [0.1, 0.15) is 12.0 Å². The quantitative estimate of drug-likeness (QED) is 0.877. The van der Waals surface area contributed by atoms with Gasteiger partial charge in [0.15, 0.2) is 0 Å². The Morgan fingerprint density at radius 3 is 3.12 bits per heavy atom. The van der Waals surface area contributed by atoms with E-state index in [-0.39, 0.29) is 6.10 Å². The molecule has 88 valence electrons. The SMILES string of the molecule is CNCc1cc(Cl)ccc1OC1CCOC1. The average molecular weight is 242 g/mol. The Hall–Kier alpha value is -0.770. The summed E-state index contributed by atoms with van der Waals surface area (Å²) in [6.45, 7) is 2.23. The van der Waals surface area contributed by atoms with E-state index < -0.39 is 0 Å². The Morgan fingerprint density at radius 1 is 1.56 bits per heavy atom. The molecule has 0 radical (unpaired) electrons. The summed E-state index contributed by atoms with van der Waals surface area (Å²) in [6.07, 6.45) is 1.14. The molecule has 0 amide bonds. The van der Waals surface area contributed by atoms with Crippen LogP contribution in [0.2, 0.25) is 5.02 Å². The zero-order chi connectivity index (χ0) is 11.4. The first-order valence-electron chi connectivity index (χ1n) is 5.47. The number of benzene rings is 1. The smallest absolute Gasteiger partial charge is 0.124 e. The molecular formula is C12H16ClNO2. The second-order valence-electron chi connectivity index (χ2n) is 3.89. The Bertz CT molecular complexity index is 351. The Morgan fingerprint density at radius 2 is 2.44 bits per heavy atom. The van der Waals surface area contributed by atoms with Crippen LogP contribution >= 0.6 is 11.6 Å². The molecule has 1 unspecified atom stereocenters. The van der Waals surface area contributed by atoms with Crippen molar-refractivity contribution in [1.82, 2.24) is 5.32 Å². The van der Waals surface area contributed by atoms with Gasteiger partial charge in [-0.15, -0.1) is 0 Å². The number of hydrogen-bond donors (Lipinski definition) is 1. The standard InChI is InChI=1S/C12H16ClNO2/c1-14-7-9-6-10(13)2-3-12(9)16-11-4-5-15-8-11/h2-3,6,11,14H,4-5,7-8H2,1H3. The molecule has 1 aliphatic rings. The lowest BCUT2D eigenvalue weighted by Gasteiger charge is -2.15. The number of ether oxygens (including phenoxy) is 2. The van der Waals surface area contributed by atoms with Gasteiger partial charge in [0.1, 0.15) is 11.9 Å². The van der Waals surface area contributed by atoms with Crippen molar-refractivity contribution >= 4 is 11.6 Å². The topological polar surface area (TPSA) is 30.5 Å². The summed E-state index contributed by atoms with van der Waals surface area (Å²) in [4.78, 5) is 0. The third-order valence-electron chi connectivity index (χ3n) is 2.57. The molecule has 0 bridgehead atoms. The summed E-state index contributed by atoms with van der Waals surface area (Å²) in [5.41, 5.74) is 1.09. The second kappa shape index (κ2) is 5.53. The molecule has 1 aromatic rings. The number of hydrogen-bond acceptors (Lipinski definition) is 3. The van der Waals surface area contributed by atoms with Crippen molar-refractivity contribution < 1.29 is 9.47 Å². The van der Waals surface area contributed by atoms with E-state index in [2.05, 4.69) is 5.32 Å². The summed E-state index contributed by atoms with van der Waals surface area (Å²) in [5.74, 6) is 0.897. The van der Waals surface area contributed by atoms with Crippen molar-refractivity contribution in [2.45, 2.75) is 19.1 Å². The van der Waals surface area contributed by atoms with E-state index >= 15 is 0 Å². The van der Waals surface area contributed by atoms with Gasteiger partial charge in [-0.3, -0.25) is 0 Å². The first kappa shape index (κ1) is 11.7. The van der Waals surface area contributed by atoms with E-state index in [4.69, 9.17) is 21.1 Å². The van der Waals surface area contributed by atoms with Crippen LogP contribution in [0.5, 0.6) is 5.75 Å². The Balaban J connectivity index is 2.11. The molecule has 0 saturated carbocycles. The Labute approximate surface area is 101 Å². The molecule has 1 N–H and O–H groups in total. The molecule has 1 aromatic carbocycles. The number of nitrogens with one attached hydrogen (secondary N) is 1. The third kappa shape index (κ3) is 2.88. The molecule has 4 heteroatoms. The molecule has 1 heterocycles. The predicted octanol–water partition coefficient (Wildman–Crippen LogP) is 2.23. The molecular weight excluding hydrogens is 226 g/mol. The summed E-state index contributed by atoms with van der Waals surface area (Å²) >= 11 is 5.96. The van der Waals surface area contributed by atoms with Gasteiger partial charge < -0.3 is 14.8 Å². The fraction of sp³-hybridized carbons (Fsp3) is 0.500. The molecule has 0 aliphatic carbocycles. The zero-order valence-corrected chi connectivity index (χ0v) is 10.1. The van der Waals surface area contributed by atoms with Crippen LogP contribution < -0.4 is 10.1 Å². The fourth-order valence-corrected chi connectivity index (χ4v) is 1.97. The van der Waals surface area contributed by atoms with Crippen molar-refractivity contribution in [3.63, 3.8) is 0 Å². The van der Waals surface area contributed by atoms with E-state index in [0.717, 1.165) is 35.9 Å². The lowest BCUT2D eigenvalue weighted by molar-refractivity contribution is 0.140. The first-order valence-corrected chi connectivity index (χ1v) is 5.85. The maximum Gasteiger partial charge on any atom is 0.124 e. The monoisotopic (exact) mass is 241 g/mol.